The van der Waals surface area contributed by atoms with Crippen molar-refractivity contribution >= 4 is 17.5 Å². The summed E-state index contributed by atoms with van der Waals surface area (Å²) >= 11 is 0. The number of nitrogens with zero attached hydrogens (tertiary/aromatic N) is 1. The Hall–Kier alpha value is -3.20. The molecule has 6 heteroatoms. The van der Waals surface area contributed by atoms with Gasteiger partial charge in [-0.3, -0.25) is 9.59 Å². The molecule has 0 spiro atoms. The molecule has 0 saturated heterocycles. The number of halogens is 1. The molecule has 0 bridgehead atoms. The van der Waals surface area contributed by atoms with Crippen LogP contribution in [0.5, 0.6) is 0 Å². The molecule has 0 aliphatic rings. The fourth-order valence-corrected chi connectivity index (χ4v) is 1.95. The fourth-order valence-electron chi connectivity index (χ4n) is 1.95. The molecular weight excluding hydrogens is 297 g/mol. The summed E-state index contributed by atoms with van der Waals surface area (Å²) in [6.45, 7) is 0.144. The van der Waals surface area contributed by atoms with Gasteiger partial charge in [0.25, 0.3) is 0 Å². The zero-order valence-corrected chi connectivity index (χ0v) is 12.2. The highest BCUT2D eigenvalue weighted by atomic mass is 19.1. The first kappa shape index (κ1) is 16.2. The van der Waals surface area contributed by atoms with E-state index in [1.807, 2.05) is 6.07 Å². The van der Waals surface area contributed by atoms with Gasteiger partial charge in [-0.05, 0) is 36.2 Å². The second-order valence-electron chi connectivity index (χ2n) is 4.74. The largest absolute Gasteiger partial charge is 0.347 e. The second kappa shape index (κ2) is 7.71. The summed E-state index contributed by atoms with van der Waals surface area (Å²) in [7, 11) is 0. The van der Waals surface area contributed by atoms with Crippen molar-refractivity contribution in [3.05, 3.63) is 65.5 Å². The molecule has 0 aliphatic carbocycles. The molecule has 2 aromatic carbocycles. The lowest BCUT2D eigenvalue weighted by Crippen LogP contribution is -2.36. The van der Waals surface area contributed by atoms with Crippen LogP contribution in [0.1, 0.15) is 11.1 Å². The van der Waals surface area contributed by atoms with E-state index in [4.69, 9.17) is 5.26 Å². The third kappa shape index (κ3) is 4.64. The standard InChI is InChI=1S/C17H14FN3O2/c18-15-7-2-1-5-13(15)8-9-20-16(22)17(23)21-14-6-3-4-12(10-14)11-19/h1-7,10H,8-9H2,(H,20,22)(H,21,23). The van der Waals surface area contributed by atoms with Crippen LogP contribution in [0.15, 0.2) is 48.5 Å². The van der Waals surface area contributed by atoms with Crippen LogP contribution in [0.3, 0.4) is 0 Å². The Balaban J connectivity index is 1.84. The summed E-state index contributed by atoms with van der Waals surface area (Å²) in [5, 5.41) is 13.6. The van der Waals surface area contributed by atoms with Gasteiger partial charge >= 0.3 is 11.8 Å². The van der Waals surface area contributed by atoms with E-state index in [-0.39, 0.29) is 18.8 Å². The number of carbonyl (C=O) groups excluding carboxylic acids is 2. The Labute approximate surface area is 132 Å². The summed E-state index contributed by atoms with van der Waals surface area (Å²) in [6, 6.07) is 14.4. The molecule has 0 fully saturated rings. The van der Waals surface area contributed by atoms with Crippen LogP contribution in [0.2, 0.25) is 0 Å². The quantitative estimate of drug-likeness (QED) is 0.847. The van der Waals surface area contributed by atoms with E-state index in [1.54, 1.807) is 36.4 Å². The Morgan fingerprint density at radius 1 is 1.09 bits per heavy atom. The normalized spacial score (nSPS) is 9.74. The Morgan fingerprint density at radius 3 is 2.61 bits per heavy atom. The average molecular weight is 311 g/mol. The van der Waals surface area contributed by atoms with E-state index in [0.29, 0.717) is 16.8 Å². The van der Waals surface area contributed by atoms with Crippen LogP contribution in [0.25, 0.3) is 0 Å². The van der Waals surface area contributed by atoms with E-state index in [0.717, 1.165) is 0 Å². The molecule has 0 saturated carbocycles. The first-order chi connectivity index (χ1) is 11.1. The molecule has 0 atom stereocenters. The molecule has 0 radical (unpaired) electrons. The fraction of sp³-hybridized carbons (Fsp3) is 0.118. The van der Waals surface area contributed by atoms with Gasteiger partial charge in [0.1, 0.15) is 5.82 Å². The maximum atomic E-state index is 13.4. The molecule has 2 N–H and O–H groups in total. The minimum absolute atomic E-state index is 0.144. The van der Waals surface area contributed by atoms with E-state index in [2.05, 4.69) is 10.6 Å². The first-order valence-electron chi connectivity index (χ1n) is 6.93. The van der Waals surface area contributed by atoms with Crippen LogP contribution in [0, 0.1) is 17.1 Å². The van der Waals surface area contributed by atoms with Gasteiger partial charge < -0.3 is 10.6 Å². The number of nitriles is 1. The van der Waals surface area contributed by atoms with Crippen molar-refractivity contribution in [1.29, 1.82) is 5.26 Å². The minimum Gasteiger partial charge on any atom is -0.347 e. The molecular formula is C17H14FN3O2. The van der Waals surface area contributed by atoms with Gasteiger partial charge in [0, 0.05) is 12.2 Å². The molecule has 0 unspecified atom stereocenters. The first-order valence-corrected chi connectivity index (χ1v) is 6.93. The van der Waals surface area contributed by atoms with Crippen molar-refractivity contribution in [3.8, 4) is 6.07 Å². The third-order valence-electron chi connectivity index (χ3n) is 3.09. The van der Waals surface area contributed by atoms with Crippen molar-refractivity contribution in [2.24, 2.45) is 0 Å². The Kier molecular flexibility index (Phi) is 5.42. The van der Waals surface area contributed by atoms with Gasteiger partial charge in [0.15, 0.2) is 0 Å². The van der Waals surface area contributed by atoms with Crippen LogP contribution < -0.4 is 10.6 Å². The summed E-state index contributed by atoms with van der Waals surface area (Å²) in [5.41, 5.74) is 1.20. The molecule has 5 nitrogen and oxygen atoms in total. The van der Waals surface area contributed by atoms with Crippen LogP contribution >= 0.6 is 0 Å². The highest BCUT2D eigenvalue weighted by Gasteiger charge is 2.13. The van der Waals surface area contributed by atoms with Crippen molar-refractivity contribution in [2.45, 2.75) is 6.42 Å². The maximum Gasteiger partial charge on any atom is 0.313 e. The number of hydrogen-bond donors (Lipinski definition) is 2. The van der Waals surface area contributed by atoms with E-state index >= 15 is 0 Å². The van der Waals surface area contributed by atoms with E-state index in [9.17, 15) is 14.0 Å². The van der Waals surface area contributed by atoms with Crippen molar-refractivity contribution < 1.29 is 14.0 Å². The SMILES string of the molecule is N#Cc1cccc(NC(=O)C(=O)NCCc2ccccc2F)c1. The number of benzene rings is 2. The van der Waals surface area contributed by atoms with Gasteiger partial charge in [-0.1, -0.05) is 24.3 Å². The molecule has 2 aromatic rings. The number of rotatable bonds is 4. The molecule has 116 valence electrons. The van der Waals surface area contributed by atoms with Gasteiger partial charge in [-0.15, -0.1) is 0 Å². The van der Waals surface area contributed by atoms with E-state index in [1.165, 1.54) is 12.1 Å². The molecule has 2 amide bonds. The third-order valence-corrected chi connectivity index (χ3v) is 3.09. The summed E-state index contributed by atoms with van der Waals surface area (Å²) in [5.74, 6) is -2.00. The number of anilines is 1. The summed E-state index contributed by atoms with van der Waals surface area (Å²) < 4.78 is 13.4. The van der Waals surface area contributed by atoms with Gasteiger partial charge in [-0.25, -0.2) is 4.39 Å². The minimum atomic E-state index is -0.839. The van der Waals surface area contributed by atoms with Crippen LogP contribution in [-0.4, -0.2) is 18.4 Å². The zero-order valence-electron chi connectivity index (χ0n) is 12.2. The van der Waals surface area contributed by atoms with Gasteiger partial charge in [-0.2, -0.15) is 5.26 Å². The molecule has 23 heavy (non-hydrogen) atoms. The average Bonchev–Trinajstić information content (AvgIpc) is 2.56. The Bertz CT molecular complexity index is 768. The van der Waals surface area contributed by atoms with E-state index < -0.39 is 11.8 Å². The lowest BCUT2D eigenvalue weighted by atomic mass is 10.1. The van der Waals surface area contributed by atoms with Crippen molar-refractivity contribution in [3.63, 3.8) is 0 Å². The van der Waals surface area contributed by atoms with Gasteiger partial charge in [0.2, 0.25) is 0 Å². The molecule has 2 rings (SSSR count). The number of amides is 2. The lowest BCUT2D eigenvalue weighted by Gasteiger charge is -2.07. The molecule has 0 aliphatic heterocycles. The number of carbonyl (C=O) groups is 2. The Morgan fingerprint density at radius 2 is 1.87 bits per heavy atom. The molecule has 0 heterocycles. The van der Waals surface area contributed by atoms with Crippen LogP contribution in [0.4, 0.5) is 10.1 Å². The highest BCUT2D eigenvalue weighted by molar-refractivity contribution is 6.39. The smallest absolute Gasteiger partial charge is 0.313 e. The second-order valence-corrected chi connectivity index (χ2v) is 4.74. The van der Waals surface area contributed by atoms with Crippen LogP contribution in [-0.2, 0) is 16.0 Å². The molecule has 0 aromatic heterocycles. The lowest BCUT2D eigenvalue weighted by molar-refractivity contribution is -0.136. The zero-order chi connectivity index (χ0) is 16.7. The van der Waals surface area contributed by atoms with Crippen molar-refractivity contribution in [2.75, 3.05) is 11.9 Å². The summed E-state index contributed by atoms with van der Waals surface area (Å²) in [4.78, 5) is 23.4. The monoisotopic (exact) mass is 311 g/mol. The summed E-state index contributed by atoms with van der Waals surface area (Å²) in [6.07, 6.45) is 0.287. The number of hydrogen-bond acceptors (Lipinski definition) is 3. The highest BCUT2D eigenvalue weighted by Crippen LogP contribution is 2.09. The predicted molar refractivity (Wildman–Crippen MR) is 82.9 cm³/mol. The number of nitrogens with one attached hydrogen (secondary N) is 2. The van der Waals surface area contributed by atoms with Crippen molar-refractivity contribution in [1.82, 2.24) is 5.32 Å². The topological polar surface area (TPSA) is 82.0 Å². The maximum absolute atomic E-state index is 13.4. The van der Waals surface area contributed by atoms with Gasteiger partial charge in [0.05, 0.1) is 11.6 Å². The predicted octanol–water partition coefficient (Wildman–Crippen LogP) is 1.99.